The second kappa shape index (κ2) is 8.87. The summed E-state index contributed by atoms with van der Waals surface area (Å²) in [5.41, 5.74) is 5.42. The number of ether oxygens (including phenoxy) is 1. The van der Waals surface area contributed by atoms with Crippen LogP contribution in [0.1, 0.15) is 47.2 Å². The van der Waals surface area contributed by atoms with Crippen LogP contribution < -0.4 is 10.1 Å². The number of fused-ring (bicyclic) bond motifs is 1. The maximum absolute atomic E-state index is 12.5. The van der Waals surface area contributed by atoms with Crippen molar-refractivity contribution in [2.45, 2.75) is 32.2 Å². The van der Waals surface area contributed by atoms with Gasteiger partial charge in [0.25, 0.3) is 5.91 Å². The van der Waals surface area contributed by atoms with Crippen LogP contribution in [-0.4, -0.2) is 28.9 Å². The molecule has 0 saturated carbocycles. The highest BCUT2D eigenvalue weighted by atomic mass is 16.5. The normalized spacial score (nSPS) is 16.3. The van der Waals surface area contributed by atoms with Crippen molar-refractivity contribution in [3.63, 3.8) is 0 Å². The van der Waals surface area contributed by atoms with Gasteiger partial charge in [0, 0.05) is 31.4 Å². The molecule has 1 N–H and O–H groups in total. The Hall–Kier alpha value is -3.60. The van der Waals surface area contributed by atoms with Crippen molar-refractivity contribution >= 4 is 5.91 Å². The third-order valence-electron chi connectivity index (χ3n) is 6.34. The van der Waals surface area contributed by atoms with E-state index in [9.17, 15) is 4.79 Å². The number of aromatic nitrogens is 1. The number of pyridine rings is 1. The lowest BCUT2D eigenvalue weighted by Crippen LogP contribution is -2.28. The van der Waals surface area contributed by atoms with Gasteiger partial charge in [-0.2, -0.15) is 0 Å². The first-order valence-corrected chi connectivity index (χ1v) is 11.2. The zero-order chi connectivity index (χ0) is 21.9. The predicted octanol–water partition coefficient (Wildman–Crippen LogP) is 5.50. The van der Waals surface area contributed by atoms with Gasteiger partial charge in [-0.25, -0.2) is 0 Å². The van der Waals surface area contributed by atoms with E-state index in [2.05, 4.69) is 58.7 Å². The second-order valence-electron chi connectivity index (χ2n) is 8.39. The molecule has 2 aliphatic rings. The number of allylic oxidation sites excluding steroid dienone is 1. The van der Waals surface area contributed by atoms with E-state index in [-0.39, 0.29) is 5.91 Å². The van der Waals surface area contributed by atoms with Crippen molar-refractivity contribution in [3.05, 3.63) is 89.9 Å². The molecule has 5 rings (SSSR count). The Labute approximate surface area is 188 Å². The number of rotatable bonds is 5. The first-order chi connectivity index (χ1) is 15.7. The van der Waals surface area contributed by atoms with Crippen molar-refractivity contribution < 1.29 is 9.53 Å². The summed E-state index contributed by atoms with van der Waals surface area (Å²) in [6, 6.07) is 16.2. The fourth-order valence-corrected chi connectivity index (χ4v) is 4.68. The van der Waals surface area contributed by atoms with Gasteiger partial charge in [-0.3, -0.25) is 9.78 Å². The van der Waals surface area contributed by atoms with Crippen molar-refractivity contribution in [2.24, 2.45) is 0 Å². The van der Waals surface area contributed by atoms with Crippen molar-refractivity contribution in [1.29, 1.82) is 0 Å². The van der Waals surface area contributed by atoms with Crippen LogP contribution in [0, 0.1) is 0 Å². The summed E-state index contributed by atoms with van der Waals surface area (Å²) < 4.78 is 5.89. The molecule has 3 heterocycles. The number of carbonyl (C=O) groups excluding carboxylic acids is 1. The van der Waals surface area contributed by atoms with E-state index in [1.165, 1.54) is 5.56 Å². The Bertz CT molecular complexity index is 1130. The Morgan fingerprint density at radius 2 is 1.84 bits per heavy atom. The average molecular weight is 426 g/mol. The van der Waals surface area contributed by atoms with E-state index in [0.29, 0.717) is 18.2 Å². The molecule has 1 saturated heterocycles. The number of carbonyl (C=O) groups is 1. The van der Waals surface area contributed by atoms with Gasteiger partial charge in [-0.05, 0) is 84.5 Å². The monoisotopic (exact) mass is 425 g/mol. The number of piperidine rings is 1. The van der Waals surface area contributed by atoms with Crippen LogP contribution in [0.2, 0.25) is 0 Å². The molecule has 0 radical (unpaired) electrons. The van der Waals surface area contributed by atoms with Crippen LogP contribution in [0.3, 0.4) is 0 Å². The van der Waals surface area contributed by atoms with Crippen LogP contribution in [0.5, 0.6) is 11.5 Å². The minimum Gasteiger partial charge on any atom is -0.456 e. The Balaban J connectivity index is 1.43. The zero-order valence-electron chi connectivity index (χ0n) is 18.3. The molecule has 2 aromatic carbocycles. The van der Waals surface area contributed by atoms with Gasteiger partial charge in [0.05, 0.1) is 6.20 Å². The SMILES string of the molecule is CC=CN1CCC(c2cc3c(c(-c4ccc(Oc5cccnc5)cc4)c2)CNC3=O)CC1. The summed E-state index contributed by atoms with van der Waals surface area (Å²) >= 11 is 0. The molecule has 32 heavy (non-hydrogen) atoms. The summed E-state index contributed by atoms with van der Waals surface area (Å²) in [5.74, 6) is 1.98. The number of benzene rings is 2. The topological polar surface area (TPSA) is 54.5 Å². The average Bonchev–Trinajstić information content (AvgIpc) is 3.21. The van der Waals surface area contributed by atoms with Gasteiger partial charge in [0.15, 0.2) is 0 Å². The molecule has 5 heteroatoms. The molecular weight excluding hydrogens is 398 g/mol. The van der Waals surface area contributed by atoms with Crippen LogP contribution in [0.15, 0.2) is 73.2 Å². The molecule has 5 nitrogen and oxygen atoms in total. The highest BCUT2D eigenvalue weighted by Gasteiger charge is 2.27. The lowest BCUT2D eigenvalue weighted by atomic mass is 9.85. The molecule has 1 fully saturated rings. The fraction of sp³-hybridized carbons (Fsp3) is 0.259. The smallest absolute Gasteiger partial charge is 0.251 e. The zero-order valence-corrected chi connectivity index (χ0v) is 18.3. The number of likely N-dealkylation sites (tertiary alicyclic amines) is 1. The molecule has 3 aromatic rings. The molecule has 0 bridgehead atoms. The molecule has 162 valence electrons. The number of amides is 1. The quantitative estimate of drug-likeness (QED) is 0.587. The van der Waals surface area contributed by atoms with Gasteiger partial charge in [-0.15, -0.1) is 0 Å². The third kappa shape index (κ3) is 4.11. The Kier molecular flexibility index (Phi) is 5.63. The first-order valence-electron chi connectivity index (χ1n) is 11.2. The minimum atomic E-state index is 0.0333. The Morgan fingerprint density at radius 1 is 1.06 bits per heavy atom. The number of hydrogen-bond donors (Lipinski definition) is 1. The van der Waals surface area contributed by atoms with Gasteiger partial charge >= 0.3 is 0 Å². The van der Waals surface area contributed by atoms with E-state index in [0.717, 1.165) is 53.9 Å². The maximum atomic E-state index is 12.5. The van der Waals surface area contributed by atoms with Crippen molar-refractivity contribution in [2.75, 3.05) is 13.1 Å². The molecule has 0 unspecified atom stereocenters. The van der Waals surface area contributed by atoms with Gasteiger partial charge in [-0.1, -0.05) is 24.3 Å². The standard InChI is InChI=1S/C27H27N3O2/c1-2-12-30-13-9-19(10-14-30)21-15-24(26-18-29-27(31)25(26)16-21)20-5-7-22(8-6-20)32-23-4-3-11-28-17-23/h2-8,11-12,15-17,19H,9-10,13-14,18H2,1H3,(H,29,31). The van der Waals surface area contributed by atoms with E-state index >= 15 is 0 Å². The van der Waals surface area contributed by atoms with E-state index in [4.69, 9.17) is 4.74 Å². The van der Waals surface area contributed by atoms with Crippen molar-refractivity contribution in [1.82, 2.24) is 15.2 Å². The number of hydrogen-bond acceptors (Lipinski definition) is 4. The second-order valence-corrected chi connectivity index (χ2v) is 8.39. The number of nitrogens with one attached hydrogen (secondary N) is 1. The summed E-state index contributed by atoms with van der Waals surface area (Å²) in [4.78, 5) is 19.0. The van der Waals surface area contributed by atoms with E-state index in [1.54, 1.807) is 12.4 Å². The lowest BCUT2D eigenvalue weighted by molar-refractivity contribution is 0.0965. The van der Waals surface area contributed by atoms with Gasteiger partial charge < -0.3 is 15.0 Å². The first kappa shape index (κ1) is 20.3. The summed E-state index contributed by atoms with van der Waals surface area (Å²) in [7, 11) is 0. The highest BCUT2D eigenvalue weighted by molar-refractivity contribution is 6.00. The van der Waals surface area contributed by atoms with Crippen LogP contribution >= 0.6 is 0 Å². The predicted molar refractivity (Wildman–Crippen MR) is 126 cm³/mol. The van der Waals surface area contributed by atoms with Gasteiger partial charge in [0.1, 0.15) is 11.5 Å². The van der Waals surface area contributed by atoms with Crippen molar-refractivity contribution in [3.8, 4) is 22.6 Å². The Morgan fingerprint density at radius 3 is 2.56 bits per heavy atom. The highest BCUT2D eigenvalue weighted by Crippen LogP contribution is 2.37. The summed E-state index contributed by atoms with van der Waals surface area (Å²) in [6.45, 7) is 4.74. The summed E-state index contributed by atoms with van der Waals surface area (Å²) in [5, 5.41) is 3.01. The molecule has 2 aliphatic heterocycles. The summed E-state index contributed by atoms with van der Waals surface area (Å²) in [6.07, 6.45) is 9.89. The number of nitrogens with zero attached hydrogens (tertiary/aromatic N) is 2. The van der Waals surface area contributed by atoms with Crippen LogP contribution in [-0.2, 0) is 6.54 Å². The maximum Gasteiger partial charge on any atom is 0.251 e. The largest absolute Gasteiger partial charge is 0.456 e. The molecule has 1 amide bonds. The molecule has 1 aromatic heterocycles. The molecule has 0 atom stereocenters. The van der Waals surface area contributed by atoms with E-state index < -0.39 is 0 Å². The van der Waals surface area contributed by atoms with E-state index in [1.807, 2.05) is 24.3 Å². The van der Waals surface area contributed by atoms with Crippen LogP contribution in [0.25, 0.3) is 11.1 Å². The molecule has 0 aliphatic carbocycles. The van der Waals surface area contributed by atoms with Crippen LogP contribution in [0.4, 0.5) is 0 Å². The third-order valence-corrected chi connectivity index (χ3v) is 6.34. The minimum absolute atomic E-state index is 0.0333. The molecule has 0 spiro atoms. The van der Waals surface area contributed by atoms with Gasteiger partial charge in [0.2, 0.25) is 0 Å². The molecular formula is C27H27N3O2. The fourth-order valence-electron chi connectivity index (χ4n) is 4.68. The lowest BCUT2D eigenvalue weighted by Gasteiger charge is -2.31.